The maximum Gasteiger partial charge on any atom is 0.324 e. The van der Waals surface area contributed by atoms with Crippen molar-refractivity contribution in [1.82, 2.24) is 14.4 Å². The van der Waals surface area contributed by atoms with E-state index < -0.39 is 22.0 Å². The maximum absolute atomic E-state index is 13.5. The van der Waals surface area contributed by atoms with Gasteiger partial charge in [-0.25, -0.2) is 8.42 Å². The van der Waals surface area contributed by atoms with Gasteiger partial charge < -0.3 is 9.26 Å². The van der Waals surface area contributed by atoms with E-state index in [4.69, 9.17) is 9.26 Å². The Morgan fingerprint density at radius 1 is 1.29 bits per heavy atom. The van der Waals surface area contributed by atoms with Crippen LogP contribution in [0.1, 0.15) is 31.1 Å². The summed E-state index contributed by atoms with van der Waals surface area (Å²) in [5.74, 6) is 0.196. The molecule has 164 valence electrons. The van der Waals surface area contributed by atoms with Crippen molar-refractivity contribution >= 4 is 27.3 Å². The molecule has 1 unspecified atom stereocenters. The van der Waals surface area contributed by atoms with Gasteiger partial charge in [0.15, 0.2) is 0 Å². The molecular formula is C21H23N3O5S2. The SMILES string of the molecule is CCOC(=O)C1CCCCN1S(=O)(=O)c1cc(-c2nc(-c3ccccc3)no2)sc1C. The predicted molar refractivity (Wildman–Crippen MR) is 116 cm³/mol. The Hall–Kier alpha value is -2.56. The number of benzene rings is 1. The van der Waals surface area contributed by atoms with Crippen LogP contribution in [0.15, 0.2) is 45.8 Å². The number of thiophene rings is 1. The first-order chi connectivity index (χ1) is 14.9. The van der Waals surface area contributed by atoms with Crippen LogP contribution in [-0.4, -0.2) is 48.0 Å². The predicted octanol–water partition coefficient (Wildman–Crippen LogP) is 3.88. The van der Waals surface area contributed by atoms with Gasteiger partial charge in [-0.2, -0.15) is 9.29 Å². The summed E-state index contributed by atoms with van der Waals surface area (Å²) in [6.45, 7) is 3.95. The topological polar surface area (TPSA) is 103 Å². The zero-order chi connectivity index (χ0) is 22.0. The van der Waals surface area contributed by atoms with E-state index in [2.05, 4.69) is 10.1 Å². The molecule has 0 radical (unpaired) electrons. The van der Waals surface area contributed by atoms with Crippen molar-refractivity contribution in [3.05, 3.63) is 41.3 Å². The monoisotopic (exact) mass is 461 g/mol. The molecule has 31 heavy (non-hydrogen) atoms. The Labute approximate surface area is 184 Å². The van der Waals surface area contributed by atoms with Gasteiger partial charge in [0.1, 0.15) is 6.04 Å². The summed E-state index contributed by atoms with van der Waals surface area (Å²) in [6.07, 6.45) is 1.95. The lowest BCUT2D eigenvalue weighted by Crippen LogP contribution is -2.48. The van der Waals surface area contributed by atoms with E-state index in [1.54, 1.807) is 19.9 Å². The normalized spacial score (nSPS) is 17.5. The summed E-state index contributed by atoms with van der Waals surface area (Å²) in [4.78, 5) is 18.1. The summed E-state index contributed by atoms with van der Waals surface area (Å²) in [7, 11) is -3.88. The fourth-order valence-electron chi connectivity index (χ4n) is 3.65. The highest BCUT2D eigenvalue weighted by Gasteiger charge is 2.39. The van der Waals surface area contributed by atoms with E-state index in [1.807, 2.05) is 30.3 Å². The lowest BCUT2D eigenvalue weighted by molar-refractivity contribution is -0.148. The van der Waals surface area contributed by atoms with Gasteiger partial charge in [0.25, 0.3) is 5.89 Å². The smallest absolute Gasteiger partial charge is 0.324 e. The Morgan fingerprint density at radius 2 is 2.06 bits per heavy atom. The third-order valence-electron chi connectivity index (χ3n) is 5.14. The number of piperidine rings is 1. The number of carbonyl (C=O) groups is 1. The molecule has 0 aliphatic carbocycles. The first-order valence-electron chi connectivity index (χ1n) is 10.1. The summed E-state index contributed by atoms with van der Waals surface area (Å²) in [6, 6.07) is 10.2. The molecule has 2 aromatic heterocycles. The number of hydrogen-bond donors (Lipinski definition) is 0. The van der Waals surface area contributed by atoms with Gasteiger partial charge >= 0.3 is 5.97 Å². The van der Waals surface area contributed by atoms with Crippen molar-refractivity contribution in [3.63, 3.8) is 0 Å². The fourth-order valence-corrected chi connectivity index (χ4v) is 6.78. The number of sulfonamides is 1. The van der Waals surface area contributed by atoms with Crippen molar-refractivity contribution in [1.29, 1.82) is 0 Å². The molecule has 0 N–H and O–H groups in total. The highest BCUT2D eigenvalue weighted by molar-refractivity contribution is 7.89. The standard InChI is InChI=1S/C21H23N3O5S2/c1-3-28-21(25)16-11-7-8-12-24(16)31(26,27)18-13-17(30-14(18)2)20-22-19(23-29-20)15-9-5-4-6-10-15/h4-6,9-10,13,16H,3,7-8,11-12H2,1-2H3. The third kappa shape index (κ3) is 4.28. The van der Waals surface area contributed by atoms with Crippen LogP contribution in [0.25, 0.3) is 22.2 Å². The number of carbonyl (C=O) groups excluding carboxylic acids is 1. The van der Waals surface area contributed by atoms with Crippen LogP contribution >= 0.6 is 11.3 Å². The molecule has 1 atom stereocenters. The van der Waals surface area contributed by atoms with Gasteiger partial charge in [0.2, 0.25) is 15.8 Å². The molecule has 1 aromatic carbocycles. The number of aryl methyl sites for hydroxylation is 1. The number of ether oxygens (including phenoxy) is 1. The average molecular weight is 462 g/mol. The first kappa shape index (κ1) is 21.7. The summed E-state index contributed by atoms with van der Waals surface area (Å²) < 4.78 is 38.7. The van der Waals surface area contributed by atoms with Crippen LogP contribution in [0.4, 0.5) is 0 Å². The van der Waals surface area contributed by atoms with Crippen LogP contribution in [0.5, 0.6) is 0 Å². The Kier molecular flexibility index (Phi) is 6.22. The molecule has 0 amide bonds. The highest BCUT2D eigenvalue weighted by atomic mass is 32.2. The molecular weight excluding hydrogens is 438 g/mol. The van der Waals surface area contributed by atoms with E-state index in [0.717, 1.165) is 12.0 Å². The van der Waals surface area contributed by atoms with Crippen LogP contribution in [0.3, 0.4) is 0 Å². The van der Waals surface area contributed by atoms with Crippen molar-refractivity contribution in [3.8, 4) is 22.2 Å². The molecule has 1 aliphatic rings. The molecule has 1 saturated heterocycles. The molecule has 1 fully saturated rings. The van der Waals surface area contributed by atoms with Crippen molar-refractivity contribution in [2.45, 2.75) is 44.0 Å². The lowest BCUT2D eigenvalue weighted by Gasteiger charge is -2.32. The van der Waals surface area contributed by atoms with Gasteiger partial charge in [-0.1, -0.05) is 35.5 Å². The highest BCUT2D eigenvalue weighted by Crippen LogP contribution is 2.36. The molecule has 0 saturated carbocycles. The van der Waals surface area contributed by atoms with E-state index in [-0.39, 0.29) is 23.9 Å². The van der Waals surface area contributed by atoms with Crippen LogP contribution in [0.2, 0.25) is 0 Å². The van der Waals surface area contributed by atoms with Gasteiger partial charge in [0, 0.05) is 17.0 Å². The minimum atomic E-state index is -3.88. The average Bonchev–Trinajstić information content (AvgIpc) is 3.42. The van der Waals surface area contributed by atoms with Crippen LogP contribution < -0.4 is 0 Å². The molecule has 10 heteroatoms. The second kappa shape index (κ2) is 8.89. The molecule has 1 aliphatic heterocycles. The number of aromatic nitrogens is 2. The number of esters is 1. The zero-order valence-electron chi connectivity index (χ0n) is 17.3. The lowest BCUT2D eigenvalue weighted by atomic mass is 10.1. The van der Waals surface area contributed by atoms with E-state index in [9.17, 15) is 13.2 Å². The molecule has 3 aromatic rings. The number of hydrogen-bond acceptors (Lipinski definition) is 8. The Balaban J connectivity index is 1.65. The van der Waals surface area contributed by atoms with Crippen molar-refractivity contribution in [2.75, 3.05) is 13.2 Å². The number of rotatable bonds is 6. The zero-order valence-corrected chi connectivity index (χ0v) is 18.9. The molecule has 4 rings (SSSR count). The van der Waals surface area contributed by atoms with Crippen molar-refractivity contribution in [2.24, 2.45) is 0 Å². The Bertz CT molecular complexity index is 1170. The molecule has 0 bridgehead atoms. The van der Waals surface area contributed by atoms with Gasteiger partial charge in [-0.3, -0.25) is 4.79 Å². The van der Waals surface area contributed by atoms with Crippen LogP contribution in [-0.2, 0) is 19.6 Å². The van der Waals surface area contributed by atoms with Gasteiger partial charge in [-0.15, -0.1) is 11.3 Å². The van der Waals surface area contributed by atoms with Gasteiger partial charge in [-0.05, 0) is 39.2 Å². The van der Waals surface area contributed by atoms with E-state index in [1.165, 1.54) is 15.6 Å². The summed E-state index contributed by atoms with van der Waals surface area (Å²) in [5.41, 5.74) is 0.809. The minimum absolute atomic E-state index is 0.156. The summed E-state index contributed by atoms with van der Waals surface area (Å²) in [5, 5.41) is 4.01. The molecule has 3 heterocycles. The first-order valence-corrected chi connectivity index (χ1v) is 12.4. The quantitative estimate of drug-likeness (QED) is 0.513. The van der Waals surface area contributed by atoms with Gasteiger partial charge in [0.05, 0.1) is 16.4 Å². The minimum Gasteiger partial charge on any atom is -0.465 e. The van der Waals surface area contributed by atoms with E-state index in [0.29, 0.717) is 28.4 Å². The summed E-state index contributed by atoms with van der Waals surface area (Å²) >= 11 is 1.27. The maximum atomic E-state index is 13.5. The van der Waals surface area contributed by atoms with E-state index >= 15 is 0 Å². The molecule has 0 spiro atoms. The largest absolute Gasteiger partial charge is 0.465 e. The van der Waals surface area contributed by atoms with Crippen molar-refractivity contribution < 1.29 is 22.5 Å². The van der Waals surface area contributed by atoms with Crippen LogP contribution in [0, 0.1) is 6.92 Å². The Morgan fingerprint density at radius 3 is 2.81 bits per heavy atom. The third-order valence-corrected chi connectivity index (χ3v) is 8.34. The molecule has 8 nitrogen and oxygen atoms in total. The fraction of sp³-hybridized carbons (Fsp3) is 0.381. The number of nitrogens with zero attached hydrogens (tertiary/aromatic N) is 3. The second-order valence-corrected chi connectivity index (χ2v) is 10.3. The second-order valence-electron chi connectivity index (χ2n) is 7.20.